The molecule has 1 saturated heterocycles. The molecule has 1 fully saturated rings. The standard InChI is InChI=1S/C22H25F3N2O5/c1-4-29-17-9-14(10-18(30-5-2)20(17)31-6-3)21(28)27-12-16(13-27)32-19-8-7-15(11-26-19)22(23,24)25/h7-11,16H,4-6,12-13H2,1-3H3. The lowest BCUT2D eigenvalue weighted by Crippen LogP contribution is -2.56. The maximum Gasteiger partial charge on any atom is 0.417 e. The predicted molar refractivity (Wildman–Crippen MR) is 110 cm³/mol. The van der Waals surface area contributed by atoms with Crippen molar-refractivity contribution in [2.24, 2.45) is 0 Å². The van der Waals surface area contributed by atoms with Gasteiger partial charge in [0.15, 0.2) is 11.5 Å². The third kappa shape index (κ3) is 5.35. The molecule has 1 aromatic carbocycles. The SMILES string of the molecule is CCOc1cc(C(=O)N2CC(Oc3ccc(C(F)(F)F)cn3)C2)cc(OCC)c1OCC. The van der Waals surface area contributed by atoms with Gasteiger partial charge in [-0.05, 0) is 39.0 Å². The van der Waals surface area contributed by atoms with Crippen LogP contribution in [0.2, 0.25) is 0 Å². The van der Waals surface area contributed by atoms with Crippen molar-refractivity contribution in [3.63, 3.8) is 0 Å². The first kappa shape index (κ1) is 23.5. The summed E-state index contributed by atoms with van der Waals surface area (Å²) in [6, 6.07) is 5.31. The maximum absolute atomic E-state index is 12.9. The predicted octanol–water partition coefficient (Wildman–Crippen LogP) is 4.20. The number of aromatic nitrogens is 1. The molecule has 2 heterocycles. The van der Waals surface area contributed by atoms with E-state index in [0.717, 1.165) is 12.3 Å². The molecule has 0 saturated carbocycles. The zero-order chi connectivity index (χ0) is 23.3. The summed E-state index contributed by atoms with van der Waals surface area (Å²) < 4.78 is 60.4. The number of nitrogens with zero attached hydrogens (tertiary/aromatic N) is 2. The molecule has 0 bridgehead atoms. The summed E-state index contributed by atoms with van der Waals surface area (Å²) in [6.07, 6.45) is -4.09. The zero-order valence-corrected chi connectivity index (χ0v) is 18.1. The average Bonchev–Trinajstić information content (AvgIpc) is 2.72. The van der Waals surface area contributed by atoms with Crippen LogP contribution < -0.4 is 18.9 Å². The second-order valence-electron chi connectivity index (χ2n) is 6.93. The van der Waals surface area contributed by atoms with Crippen LogP contribution in [0.15, 0.2) is 30.5 Å². The molecule has 3 rings (SSSR count). The van der Waals surface area contributed by atoms with Gasteiger partial charge in [0.05, 0.1) is 38.5 Å². The van der Waals surface area contributed by atoms with Crippen LogP contribution in [0.1, 0.15) is 36.7 Å². The Bertz CT molecular complexity index is 901. The Morgan fingerprint density at radius 1 is 1.03 bits per heavy atom. The Hall–Kier alpha value is -3.17. The number of benzene rings is 1. The molecule has 0 spiro atoms. The van der Waals surface area contributed by atoms with E-state index in [1.165, 1.54) is 6.07 Å². The van der Waals surface area contributed by atoms with Crippen molar-refractivity contribution in [3.8, 4) is 23.1 Å². The van der Waals surface area contributed by atoms with E-state index < -0.39 is 11.7 Å². The van der Waals surface area contributed by atoms with Crippen molar-refractivity contribution in [2.75, 3.05) is 32.9 Å². The number of amides is 1. The lowest BCUT2D eigenvalue weighted by Gasteiger charge is -2.38. The quantitative estimate of drug-likeness (QED) is 0.566. The number of carbonyl (C=O) groups excluding carboxylic acids is 1. The van der Waals surface area contributed by atoms with Crippen LogP contribution in [0.25, 0.3) is 0 Å². The molecule has 174 valence electrons. The van der Waals surface area contributed by atoms with E-state index in [-0.39, 0.29) is 31.0 Å². The van der Waals surface area contributed by atoms with Crippen LogP contribution in [0.4, 0.5) is 13.2 Å². The highest BCUT2D eigenvalue weighted by Crippen LogP contribution is 2.39. The molecule has 0 unspecified atom stereocenters. The number of ether oxygens (including phenoxy) is 4. The Labute approximate surface area is 184 Å². The topological polar surface area (TPSA) is 70.1 Å². The molecular weight excluding hydrogens is 429 g/mol. The summed E-state index contributed by atoms with van der Waals surface area (Å²) in [5.74, 6) is 1.13. The first-order valence-electron chi connectivity index (χ1n) is 10.3. The average molecular weight is 454 g/mol. The normalized spacial score (nSPS) is 14.0. The number of halogens is 3. The number of pyridine rings is 1. The van der Waals surface area contributed by atoms with Gasteiger partial charge in [0, 0.05) is 17.8 Å². The summed E-state index contributed by atoms with van der Waals surface area (Å²) in [4.78, 5) is 18.2. The molecule has 0 N–H and O–H groups in total. The molecule has 2 aromatic rings. The lowest BCUT2D eigenvalue weighted by molar-refractivity contribution is -0.137. The lowest BCUT2D eigenvalue weighted by atomic mass is 10.1. The van der Waals surface area contributed by atoms with Crippen molar-refractivity contribution in [1.82, 2.24) is 9.88 Å². The number of hydrogen-bond acceptors (Lipinski definition) is 6. The van der Waals surface area contributed by atoms with E-state index in [1.807, 2.05) is 20.8 Å². The van der Waals surface area contributed by atoms with E-state index >= 15 is 0 Å². The molecule has 1 aliphatic heterocycles. The van der Waals surface area contributed by atoms with E-state index in [4.69, 9.17) is 18.9 Å². The van der Waals surface area contributed by atoms with Gasteiger partial charge < -0.3 is 23.8 Å². The highest BCUT2D eigenvalue weighted by atomic mass is 19.4. The Kier molecular flexibility index (Phi) is 7.32. The minimum Gasteiger partial charge on any atom is -0.490 e. The first-order valence-corrected chi connectivity index (χ1v) is 10.3. The van der Waals surface area contributed by atoms with Gasteiger partial charge in [0.25, 0.3) is 5.91 Å². The number of likely N-dealkylation sites (tertiary alicyclic amines) is 1. The fourth-order valence-corrected chi connectivity index (χ4v) is 3.16. The van der Waals surface area contributed by atoms with Gasteiger partial charge in [-0.2, -0.15) is 13.2 Å². The van der Waals surface area contributed by atoms with Gasteiger partial charge in [0.2, 0.25) is 11.6 Å². The minimum absolute atomic E-state index is 0.0773. The van der Waals surface area contributed by atoms with Gasteiger partial charge in [-0.3, -0.25) is 4.79 Å². The molecule has 10 heteroatoms. The van der Waals surface area contributed by atoms with Crippen molar-refractivity contribution in [2.45, 2.75) is 33.1 Å². The van der Waals surface area contributed by atoms with Crippen LogP contribution in [-0.2, 0) is 6.18 Å². The van der Waals surface area contributed by atoms with Crippen LogP contribution in [0, 0.1) is 0 Å². The van der Waals surface area contributed by atoms with Gasteiger partial charge in [0.1, 0.15) is 6.10 Å². The second kappa shape index (κ2) is 9.97. The van der Waals surface area contributed by atoms with E-state index in [2.05, 4.69) is 4.98 Å². The molecule has 0 aliphatic carbocycles. The Morgan fingerprint density at radius 2 is 1.62 bits per heavy atom. The van der Waals surface area contributed by atoms with Crippen molar-refractivity contribution in [3.05, 3.63) is 41.6 Å². The number of rotatable bonds is 9. The van der Waals surface area contributed by atoms with Crippen LogP contribution >= 0.6 is 0 Å². The fraction of sp³-hybridized carbons (Fsp3) is 0.455. The number of carbonyl (C=O) groups is 1. The highest BCUT2D eigenvalue weighted by molar-refractivity contribution is 5.96. The van der Waals surface area contributed by atoms with Gasteiger partial charge in [-0.25, -0.2) is 4.98 Å². The summed E-state index contributed by atoms with van der Waals surface area (Å²) in [5.41, 5.74) is -0.465. The van der Waals surface area contributed by atoms with E-state index in [9.17, 15) is 18.0 Å². The van der Waals surface area contributed by atoms with Gasteiger partial charge in [-0.15, -0.1) is 0 Å². The van der Waals surface area contributed by atoms with Gasteiger partial charge in [-0.1, -0.05) is 0 Å². The first-order chi connectivity index (χ1) is 15.3. The Morgan fingerprint density at radius 3 is 2.09 bits per heavy atom. The minimum atomic E-state index is -4.45. The molecular formula is C22H25F3N2O5. The molecule has 32 heavy (non-hydrogen) atoms. The number of hydrogen-bond donors (Lipinski definition) is 0. The molecule has 0 atom stereocenters. The van der Waals surface area contributed by atoms with Crippen LogP contribution in [-0.4, -0.2) is 54.8 Å². The van der Waals surface area contributed by atoms with Crippen molar-refractivity contribution < 1.29 is 36.9 Å². The smallest absolute Gasteiger partial charge is 0.417 e. The molecule has 1 amide bonds. The van der Waals surface area contributed by atoms with Crippen molar-refractivity contribution >= 4 is 5.91 Å². The Balaban J connectivity index is 1.67. The van der Waals surface area contributed by atoms with Crippen molar-refractivity contribution in [1.29, 1.82) is 0 Å². The summed E-state index contributed by atoms with van der Waals surface area (Å²) in [7, 11) is 0. The highest BCUT2D eigenvalue weighted by Gasteiger charge is 2.35. The fourth-order valence-electron chi connectivity index (χ4n) is 3.16. The summed E-state index contributed by atoms with van der Waals surface area (Å²) in [5, 5.41) is 0. The molecule has 1 aromatic heterocycles. The summed E-state index contributed by atoms with van der Waals surface area (Å²) in [6.45, 7) is 7.26. The number of alkyl halides is 3. The summed E-state index contributed by atoms with van der Waals surface area (Å²) >= 11 is 0. The zero-order valence-electron chi connectivity index (χ0n) is 18.1. The van der Waals surface area contributed by atoms with Gasteiger partial charge >= 0.3 is 6.18 Å². The largest absolute Gasteiger partial charge is 0.490 e. The maximum atomic E-state index is 12.9. The van der Waals surface area contributed by atoms with E-state index in [0.29, 0.717) is 42.6 Å². The monoisotopic (exact) mass is 454 g/mol. The van der Waals surface area contributed by atoms with Crippen LogP contribution in [0.3, 0.4) is 0 Å². The van der Waals surface area contributed by atoms with Crippen LogP contribution in [0.5, 0.6) is 23.1 Å². The third-order valence-corrected chi connectivity index (χ3v) is 4.64. The molecule has 7 nitrogen and oxygen atoms in total. The molecule has 1 aliphatic rings. The third-order valence-electron chi connectivity index (χ3n) is 4.64. The molecule has 0 radical (unpaired) electrons. The second-order valence-corrected chi connectivity index (χ2v) is 6.93. The van der Waals surface area contributed by atoms with E-state index in [1.54, 1.807) is 17.0 Å².